The largest absolute Gasteiger partial charge is 0.453 e. The number of benzene rings is 2. The molecule has 0 spiro atoms. The molecular weight excluding hydrogens is 634 g/mol. The van der Waals surface area contributed by atoms with Crippen LogP contribution in [-0.2, 0) is 40.2 Å². The quantitative estimate of drug-likeness (QED) is 0.207. The summed E-state index contributed by atoms with van der Waals surface area (Å²) in [6.07, 6.45) is -0.153. The Bertz CT molecular complexity index is 1650. The Labute approximate surface area is 271 Å². The number of carbonyl (C=O) groups excluding carboxylic acids is 2. The lowest BCUT2D eigenvalue weighted by Crippen LogP contribution is -2.51. The molecule has 3 aliphatic rings. The number of amides is 2. The van der Waals surface area contributed by atoms with Gasteiger partial charge in [-0.25, -0.2) is 23.0 Å². The zero-order valence-corrected chi connectivity index (χ0v) is 26.7. The second-order valence-electron chi connectivity index (χ2n) is 11.9. The summed E-state index contributed by atoms with van der Waals surface area (Å²) < 4.78 is 50.4. The third-order valence-corrected chi connectivity index (χ3v) is 10.3. The molecule has 2 saturated heterocycles. The van der Waals surface area contributed by atoms with Crippen molar-refractivity contribution in [2.75, 3.05) is 32.2 Å². The number of imidazole rings is 1. The molecule has 2 aliphatic heterocycles. The molecule has 5 atom stereocenters. The highest BCUT2D eigenvalue weighted by Gasteiger charge is 2.44. The lowest BCUT2D eigenvalue weighted by atomic mass is 10.0. The number of aromatic amines is 1. The molecule has 6 rings (SSSR count). The lowest BCUT2D eigenvalue weighted by molar-refractivity contribution is -0.145. The van der Waals surface area contributed by atoms with Crippen LogP contribution in [0.15, 0.2) is 53.4 Å². The number of rotatable bonds is 12. The predicted octanol–water partition coefficient (Wildman–Crippen LogP) is 3.07. The van der Waals surface area contributed by atoms with Crippen LogP contribution < -0.4 is 10.6 Å². The van der Waals surface area contributed by atoms with Gasteiger partial charge in [-0.15, -0.1) is 0 Å². The first kappa shape index (κ1) is 33.1. The van der Waals surface area contributed by atoms with E-state index >= 15 is 0 Å². The predicted molar refractivity (Wildman–Crippen MR) is 166 cm³/mol. The van der Waals surface area contributed by atoms with Crippen molar-refractivity contribution >= 4 is 39.2 Å². The lowest BCUT2D eigenvalue weighted by Gasteiger charge is -2.31. The third-order valence-electron chi connectivity index (χ3n) is 8.64. The van der Waals surface area contributed by atoms with Gasteiger partial charge >= 0.3 is 12.2 Å². The number of alkyl carbamates (subject to hydrolysis) is 1. The first-order chi connectivity index (χ1) is 22.7. The number of ether oxygens (including phenoxy) is 4. The van der Waals surface area contributed by atoms with E-state index in [9.17, 15) is 23.1 Å². The first-order valence-electron chi connectivity index (χ1n) is 15.7. The number of aliphatic hydroxyl groups is 1. The van der Waals surface area contributed by atoms with Gasteiger partial charge in [0.2, 0.25) is 5.95 Å². The molecule has 2 aromatic carbocycles. The van der Waals surface area contributed by atoms with E-state index in [1.54, 1.807) is 0 Å². The van der Waals surface area contributed by atoms with E-state index in [0.717, 1.165) is 22.9 Å². The van der Waals surface area contributed by atoms with Crippen molar-refractivity contribution in [1.82, 2.24) is 19.8 Å². The minimum absolute atomic E-state index is 0.0714. The Morgan fingerprint density at radius 1 is 1.11 bits per heavy atom. The third kappa shape index (κ3) is 7.85. The van der Waals surface area contributed by atoms with Crippen LogP contribution in [0.3, 0.4) is 0 Å². The van der Waals surface area contributed by atoms with Gasteiger partial charge in [0.1, 0.15) is 6.10 Å². The summed E-state index contributed by atoms with van der Waals surface area (Å²) in [5, 5.41) is 16.8. The summed E-state index contributed by atoms with van der Waals surface area (Å²) in [4.78, 5) is 37.8. The number of nitrogens with zero attached hydrogens (tertiary/aromatic N) is 2. The van der Waals surface area contributed by atoms with Gasteiger partial charge < -0.3 is 34.4 Å². The molecule has 4 N–H and O–H groups in total. The summed E-state index contributed by atoms with van der Waals surface area (Å²) >= 11 is 0. The van der Waals surface area contributed by atoms with Crippen LogP contribution in [0.5, 0.6) is 0 Å². The van der Waals surface area contributed by atoms with Crippen molar-refractivity contribution in [3.05, 3.63) is 54.1 Å². The summed E-state index contributed by atoms with van der Waals surface area (Å²) in [6.45, 7) is 0.252. The molecule has 0 bridgehead atoms. The maximum absolute atomic E-state index is 14.1. The fourth-order valence-corrected chi connectivity index (χ4v) is 7.45. The van der Waals surface area contributed by atoms with Crippen LogP contribution in [-0.4, -0.2) is 97.7 Å². The molecule has 1 aliphatic carbocycles. The number of methoxy groups -OCH3 is 1. The molecule has 15 nitrogen and oxygen atoms in total. The summed E-state index contributed by atoms with van der Waals surface area (Å²) in [7, 11) is -3.13. The minimum atomic E-state index is -4.35. The molecule has 1 unspecified atom stereocenters. The molecule has 1 saturated carbocycles. The smallest absolute Gasteiger partial charge is 0.413 e. The average Bonchev–Trinajstić information content (AvgIpc) is 3.87. The molecule has 3 fully saturated rings. The second-order valence-corrected chi connectivity index (χ2v) is 13.7. The van der Waals surface area contributed by atoms with E-state index < -0.39 is 53.3 Å². The summed E-state index contributed by atoms with van der Waals surface area (Å²) in [5.74, 6) is 0.00983. The molecule has 2 amide bonds. The highest BCUT2D eigenvalue weighted by Crippen LogP contribution is 2.33. The molecule has 254 valence electrons. The molecule has 47 heavy (non-hydrogen) atoms. The molecule has 1 aromatic heterocycles. The van der Waals surface area contributed by atoms with Crippen LogP contribution in [0.1, 0.15) is 37.7 Å². The normalized spacial score (nSPS) is 22.7. The summed E-state index contributed by atoms with van der Waals surface area (Å²) in [5.41, 5.74) is 1.57. The monoisotopic (exact) mass is 673 g/mol. The van der Waals surface area contributed by atoms with Crippen molar-refractivity contribution in [3.8, 4) is 0 Å². The number of hydrogen-bond acceptors (Lipinski definition) is 11. The number of aromatic nitrogens is 2. The van der Waals surface area contributed by atoms with Crippen molar-refractivity contribution in [1.29, 1.82) is 0 Å². The van der Waals surface area contributed by atoms with Crippen LogP contribution in [0.2, 0.25) is 0 Å². The van der Waals surface area contributed by atoms with Gasteiger partial charge in [0.05, 0.1) is 67.0 Å². The number of carbonyl (C=O) groups is 2. The van der Waals surface area contributed by atoms with Crippen molar-refractivity contribution in [2.24, 2.45) is 5.92 Å². The van der Waals surface area contributed by atoms with Crippen molar-refractivity contribution < 1.29 is 46.9 Å². The van der Waals surface area contributed by atoms with Crippen LogP contribution in [0.25, 0.3) is 11.0 Å². The molecular formula is C31H39N5O10S. The van der Waals surface area contributed by atoms with E-state index in [0.29, 0.717) is 31.4 Å². The van der Waals surface area contributed by atoms with Gasteiger partial charge in [0.25, 0.3) is 10.0 Å². The standard InChI is InChI=1S/C31H39N5O10S/c1-42-30(38)35-29-32-23-12-11-21(16-24(23)33-29)47(40,41)36(46-20-9-5-6-10-20)17-26(37)25(15-19-7-3-2-4-8-19)34-31(39)45-27-18-44-28-22(27)13-14-43-28/h2-4,7-8,11-12,16,20,22,25-28,37H,5-6,9-10,13-15,17-18H2,1H3,(H,34,39)(H2,32,33,35,38)/t22-,25-,26-,27?,28+/m0/s1. The molecule has 16 heteroatoms. The Kier molecular flexibility index (Phi) is 10.2. The maximum Gasteiger partial charge on any atom is 0.413 e. The van der Waals surface area contributed by atoms with Gasteiger partial charge in [-0.1, -0.05) is 47.6 Å². The van der Waals surface area contributed by atoms with Gasteiger partial charge in [-0.3, -0.25) is 10.2 Å². The number of nitrogens with one attached hydrogen (secondary N) is 3. The number of sulfonamides is 1. The van der Waals surface area contributed by atoms with E-state index in [1.165, 1.54) is 25.3 Å². The summed E-state index contributed by atoms with van der Waals surface area (Å²) in [6, 6.07) is 12.5. The maximum atomic E-state index is 14.1. The van der Waals surface area contributed by atoms with E-state index in [1.807, 2.05) is 30.3 Å². The molecule has 3 aromatic rings. The zero-order valence-electron chi connectivity index (χ0n) is 25.9. The van der Waals surface area contributed by atoms with Crippen LogP contribution in [0.4, 0.5) is 15.5 Å². The highest BCUT2D eigenvalue weighted by atomic mass is 32.2. The topological polar surface area (TPSA) is 191 Å². The Balaban J connectivity index is 1.22. The average molecular weight is 674 g/mol. The number of fused-ring (bicyclic) bond motifs is 2. The van der Waals surface area contributed by atoms with Crippen molar-refractivity contribution in [3.63, 3.8) is 0 Å². The Morgan fingerprint density at radius 2 is 1.89 bits per heavy atom. The first-order valence-corrected chi connectivity index (χ1v) is 17.1. The van der Waals surface area contributed by atoms with Gasteiger partial charge in [-0.05, 0) is 49.4 Å². The fraction of sp³-hybridized carbons (Fsp3) is 0.516. The number of hydroxylamine groups is 1. The number of hydrogen-bond donors (Lipinski definition) is 4. The Morgan fingerprint density at radius 3 is 2.66 bits per heavy atom. The highest BCUT2D eigenvalue weighted by molar-refractivity contribution is 7.89. The Hall–Kier alpha value is -3.80. The van der Waals surface area contributed by atoms with Gasteiger partial charge in [0.15, 0.2) is 6.29 Å². The van der Waals surface area contributed by atoms with E-state index in [-0.39, 0.29) is 41.4 Å². The van der Waals surface area contributed by atoms with Gasteiger partial charge in [0, 0.05) is 0 Å². The van der Waals surface area contributed by atoms with E-state index in [2.05, 4.69) is 25.3 Å². The number of aliphatic hydroxyl groups excluding tert-OH is 1. The van der Waals surface area contributed by atoms with Crippen molar-refractivity contribution in [2.45, 2.75) is 74.1 Å². The fourth-order valence-electron chi connectivity index (χ4n) is 6.13. The molecule has 0 radical (unpaired) electrons. The van der Waals surface area contributed by atoms with Crippen LogP contribution in [0, 0.1) is 5.92 Å². The SMILES string of the molecule is COC(=O)Nc1nc2cc(S(=O)(=O)N(C[C@H](O)[C@H](Cc3ccccc3)NC(=O)OC3CO[C@H]4OCC[C@@H]34)OC3CCCC3)ccc2[nH]1. The number of anilines is 1. The van der Waals surface area contributed by atoms with Gasteiger partial charge in [-0.2, -0.15) is 0 Å². The second kappa shape index (κ2) is 14.5. The minimum Gasteiger partial charge on any atom is -0.453 e. The zero-order chi connectivity index (χ0) is 33.0. The molecule has 3 heterocycles. The van der Waals surface area contributed by atoms with Crippen LogP contribution >= 0.6 is 0 Å². The number of H-pyrrole nitrogens is 1. The van der Waals surface area contributed by atoms with E-state index in [4.69, 9.17) is 19.0 Å².